The van der Waals surface area contributed by atoms with Crippen LogP contribution in [0.3, 0.4) is 0 Å². The van der Waals surface area contributed by atoms with Crippen LogP contribution in [0.5, 0.6) is 0 Å². The molecule has 90 valence electrons. The van der Waals surface area contributed by atoms with Gasteiger partial charge in [0.1, 0.15) is 0 Å². The summed E-state index contributed by atoms with van der Waals surface area (Å²) in [6.45, 7) is 1.71. The van der Waals surface area contributed by atoms with Gasteiger partial charge in [-0.3, -0.25) is 11.3 Å². The minimum absolute atomic E-state index is 0.332. The lowest BCUT2D eigenvalue weighted by atomic mass is 9.90. The van der Waals surface area contributed by atoms with Crippen LogP contribution in [-0.4, -0.2) is 19.3 Å². The van der Waals surface area contributed by atoms with Crippen molar-refractivity contribution >= 4 is 22.9 Å². The first-order valence-corrected chi connectivity index (χ1v) is 6.77. The molecule has 2 heterocycles. The molecule has 3 N–H and O–H groups in total. The maximum absolute atomic E-state index is 5.92. The van der Waals surface area contributed by atoms with Gasteiger partial charge in [-0.2, -0.15) is 0 Å². The molecule has 16 heavy (non-hydrogen) atoms. The standard InChI is InChI=1S/C11H17ClN2OS/c12-11-2-1-9(16-11)7-10(14-13)8-3-5-15-6-4-8/h1-2,8,10,14H,3-7,13H2. The zero-order valence-corrected chi connectivity index (χ0v) is 10.7. The summed E-state index contributed by atoms with van der Waals surface area (Å²) < 4.78 is 6.21. The second-order valence-corrected chi connectivity index (χ2v) is 5.93. The van der Waals surface area contributed by atoms with Gasteiger partial charge in [0.05, 0.1) is 4.34 Å². The summed E-state index contributed by atoms with van der Waals surface area (Å²) in [4.78, 5) is 1.29. The predicted octanol–water partition coefficient (Wildman–Crippen LogP) is 2.20. The molecule has 0 aliphatic carbocycles. The summed E-state index contributed by atoms with van der Waals surface area (Å²) in [5.74, 6) is 6.25. The highest BCUT2D eigenvalue weighted by atomic mass is 35.5. The Labute approximate surface area is 105 Å². The molecule has 3 nitrogen and oxygen atoms in total. The number of ether oxygens (including phenoxy) is 1. The Morgan fingerprint density at radius 1 is 1.50 bits per heavy atom. The topological polar surface area (TPSA) is 47.3 Å². The molecule has 0 spiro atoms. The Hall–Kier alpha value is -0.130. The van der Waals surface area contributed by atoms with E-state index in [0.717, 1.165) is 36.8 Å². The molecule has 1 aliphatic rings. The Bertz CT molecular complexity index is 326. The zero-order chi connectivity index (χ0) is 11.4. The first kappa shape index (κ1) is 12.3. The van der Waals surface area contributed by atoms with Gasteiger partial charge in [-0.1, -0.05) is 11.6 Å². The van der Waals surface area contributed by atoms with E-state index in [1.165, 1.54) is 4.88 Å². The van der Waals surface area contributed by atoms with Crippen molar-refractivity contribution in [3.63, 3.8) is 0 Å². The molecule has 2 rings (SSSR count). The third-order valence-corrected chi connectivity index (χ3v) is 4.35. The molecule has 0 saturated carbocycles. The largest absolute Gasteiger partial charge is 0.381 e. The number of nitrogens with two attached hydrogens (primary N) is 1. The van der Waals surface area contributed by atoms with E-state index in [-0.39, 0.29) is 0 Å². The van der Waals surface area contributed by atoms with E-state index in [1.54, 1.807) is 11.3 Å². The van der Waals surface area contributed by atoms with Crippen LogP contribution in [0.15, 0.2) is 12.1 Å². The van der Waals surface area contributed by atoms with Crippen LogP contribution in [0.4, 0.5) is 0 Å². The van der Waals surface area contributed by atoms with Crippen LogP contribution in [0.2, 0.25) is 4.34 Å². The molecule has 0 amide bonds. The maximum Gasteiger partial charge on any atom is 0.0931 e. The molecule has 0 aromatic carbocycles. The smallest absolute Gasteiger partial charge is 0.0931 e. The van der Waals surface area contributed by atoms with E-state index in [1.807, 2.05) is 6.07 Å². The van der Waals surface area contributed by atoms with E-state index >= 15 is 0 Å². The number of rotatable bonds is 4. The fraction of sp³-hybridized carbons (Fsp3) is 0.636. The summed E-state index contributed by atoms with van der Waals surface area (Å²) >= 11 is 7.55. The molecule has 1 atom stereocenters. The fourth-order valence-corrected chi connectivity index (χ4v) is 3.30. The second kappa shape index (κ2) is 5.98. The molecular weight excluding hydrogens is 244 g/mol. The number of hydrogen-bond acceptors (Lipinski definition) is 4. The molecule has 0 bridgehead atoms. The number of nitrogens with one attached hydrogen (secondary N) is 1. The normalized spacial score (nSPS) is 19.9. The first-order valence-electron chi connectivity index (χ1n) is 5.57. The molecule has 1 unspecified atom stereocenters. The van der Waals surface area contributed by atoms with Crippen molar-refractivity contribution in [2.45, 2.75) is 25.3 Å². The Morgan fingerprint density at radius 2 is 2.25 bits per heavy atom. The maximum atomic E-state index is 5.92. The molecular formula is C11H17ClN2OS. The summed E-state index contributed by atoms with van der Waals surface area (Å²) in [7, 11) is 0. The Kier molecular flexibility index (Phi) is 4.61. The van der Waals surface area contributed by atoms with E-state index in [0.29, 0.717) is 12.0 Å². The molecule has 1 saturated heterocycles. The van der Waals surface area contributed by atoms with Crippen LogP contribution >= 0.6 is 22.9 Å². The second-order valence-electron chi connectivity index (χ2n) is 4.13. The number of halogens is 1. The van der Waals surface area contributed by atoms with E-state index < -0.39 is 0 Å². The predicted molar refractivity (Wildman–Crippen MR) is 67.7 cm³/mol. The van der Waals surface area contributed by atoms with Gasteiger partial charge < -0.3 is 4.74 Å². The Balaban J connectivity index is 1.94. The van der Waals surface area contributed by atoms with Gasteiger partial charge in [0.25, 0.3) is 0 Å². The monoisotopic (exact) mass is 260 g/mol. The van der Waals surface area contributed by atoms with Gasteiger partial charge in [0.15, 0.2) is 0 Å². The van der Waals surface area contributed by atoms with Gasteiger partial charge in [0.2, 0.25) is 0 Å². The summed E-state index contributed by atoms with van der Waals surface area (Å²) in [6, 6.07) is 4.36. The summed E-state index contributed by atoms with van der Waals surface area (Å²) in [5.41, 5.74) is 2.94. The van der Waals surface area contributed by atoms with Crippen LogP contribution in [0.1, 0.15) is 17.7 Å². The van der Waals surface area contributed by atoms with Gasteiger partial charge >= 0.3 is 0 Å². The fourth-order valence-electron chi connectivity index (χ4n) is 2.16. The quantitative estimate of drug-likeness (QED) is 0.645. The number of hydrazine groups is 1. The minimum Gasteiger partial charge on any atom is -0.381 e. The average molecular weight is 261 g/mol. The third-order valence-electron chi connectivity index (χ3n) is 3.10. The molecule has 1 aromatic rings. The molecule has 1 aromatic heterocycles. The van der Waals surface area contributed by atoms with Gasteiger partial charge in [-0.25, -0.2) is 0 Å². The van der Waals surface area contributed by atoms with Crippen molar-refractivity contribution in [1.82, 2.24) is 5.43 Å². The van der Waals surface area contributed by atoms with Crippen LogP contribution in [0, 0.1) is 5.92 Å². The van der Waals surface area contributed by atoms with Crippen molar-refractivity contribution in [1.29, 1.82) is 0 Å². The highest BCUT2D eigenvalue weighted by molar-refractivity contribution is 7.16. The van der Waals surface area contributed by atoms with Gasteiger partial charge in [-0.05, 0) is 37.3 Å². The van der Waals surface area contributed by atoms with Gasteiger partial charge in [0, 0.05) is 24.1 Å². The van der Waals surface area contributed by atoms with Crippen molar-refractivity contribution in [3.8, 4) is 0 Å². The third kappa shape index (κ3) is 3.18. The molecule has 5 heteroatoms. The lowest BCUT2D eigenvalue weighted by molar-refractivity contribution is 0.0539. The highest BCUT2D eigenvalue weighted by Crippen LogP contribution is 2.26. The lowest BCUT2D eigenvalue weighted by Gasteiger charge is -2.29. The molecule has 1 fully saturated rings. The zero-order valence-electron chi connectivity index (χ0n) is 9.12. The molecule has 1 aliphatic heterocycles. The van der Waals surface area contributed by atoms with Crippen LogP contribution in [0.25, 0.3) is 0 Å². The number of hydrogen-bond donors (Lipinski definition) is 2. The van der Waals surface area contributed by atoms with Crippen LogP contribution < -0.4 is 11.3 Å². The number of thiophene rings is 1. The van der Waals surface area contributed by atoms with Crippen molar-refractivity contribution in [2.75, 3.05) is 13.2 Å². The van der Waals surface area contributed by atoms with E-state index in [2.05, 4.69) is 11.5 Å². The van der Waals surface area contributed by atoms with E-state index in [4.69, 9.17) is 22.2 Å². The minimum atomic E-state index is 0.332. The highest BCUT2D eigenvalue weighted by Gasteiger charge is 2.23. The van der Waals surface area contributed by atoms with E-state index in [9.17, 15) is 0 Å². The first-order chi connectivity index (χ1) is 7.79. The summed E-state index contributed by atoms with van der Waals surface area (Å²) in [6.07, 6.45) is 3.14. The molecule has 0 radical (unpaired) electrons. The average Bonchev–Trinajstić information content (AvgIpc) is 2.73. The summed E-state index contributed by atoms with van der Waals surface area (Å²) in [5, 5.41) is 0. The van der Waals surface area contributed by atoms with Gasteiger partial charge in [-0.15, -0.1) is 11.3 Å². The SMILES string of the molecule is NNC(Cc1ccc(Cl)s1)C1CCOCC1. The van der Waals surface area contributed by atoms with Crippen molar-refractivity contribution < 1.29 is 4.74 Å². The van der Waals surface area contributed by atoms with Crippen molar-refractivity contribution in [3.05, 3.63) is 21.3 Å². The van der Waals surface area contributed by atoms with Crippen LogP contribution in [-0.2, 0) is 11.2 Å². The Morgan fingerprint density at radius 3 is 2.81 bits per heavy atom. The van der Waals surface area contributed by atoms with Crippen molar-refractivity contribution in [2.24, 2.45) is 11.8 Å². The lowest BCUT2D eigenvalue weighted by Crippen LogP contribution is -2.44.